The summed E-state index contributed by atoms with van der Waals surface area (Å²) in [4.78, 5) is 19.1. The van der Waals surface area contributed by atoms with E-state index in [1.807, 2.05) is 41.0 Å². The molecular weight excluding hydrogens is 372 g/mol. The lowest BCUT2D eigenvalue weighted by atomic mass is 10.2. The number of aromatic nitrogens is 2. The number of hydrogen-bond acceptors (Lipinski definition) is 6. The molecule has 0 aliphatic rings. The number of aromatic hydroxyl groups is 1. The Kier molecular flexibility index (Phi) is 4.66. The van der Waals surface area contributed by atoms with Crippen molar-refractivity contribution in [2.24, 2.45) is 4.99 Å². The summed E-state index contributed by atoms with van der Waals surface area (Å²) in [5, 5.41) is 20.8. The molecule has 8 heteroatoms. The number of hydrogen-bond donors (Lipinski definition) is 1. The number of nitro groups is 1. The number of nitrogens with zero attached hydrogens (tertiary/aromatic N) is 4. The Bertz CT molecular complexity index is 1230. The van der Waals surface area contributed by atoms with Crippen LogP contribution >= 0.6 is 0 Å². The summed E-state index contributed by atoms with van der Waals surface area (Å²) in [5.74, 6) is 0.698. The first-order valence-corrected chi connectivity index (χ1v) is 8.68. The van der Waals surface area contributed by atoms with E-state index in [1.165, 1.54) is 24.4 Å². The largest absolute Gasteiger partial charge is 0.507 e. The SMILES string of the molecule is COc1ccc(-n2cnc3cc(N=Cc4cc([N+](=O)[O-])ccc4O)ccc32)cc1. The zero-order valence-electron chi connectivity index (χ0n) is 15.4. The molecule has 144 valence electrons. The molecule has 4 rings (SSSR count). The number of aliphatic imine (C=N–C) groups is 1. The highest BCUT2D eigenvalue weighted by molar-refractivity contribution is 5.88. The zero-order chi connectivity index (χ0) is 20.4. The Morgan fingerprint density at radius 2 is 1.93 bits per heavy atom. The maximum absolute atomic E-state index is 10.9. The number of non-ortho nitro benzene ring substituents is 1. The normalized spacial score (nSPS) is 11.2. The van der Waals surface area contributed by atoms with Gasteiger partial charge in [0.2, 0.25) is 0 Å². The van der Waals surface area contributed by atoms with Crippen LogP contribution in [0.2, 0.25) is 0 Å². The molecule has 1 heterocycles. The molecule has 0 bridgehead atoms. The maximum Gasteiger partial charge on any atom is 0.270 e. The minimum absolute atomic E-state index is 0.0794. The quantitative estimate of drug-likeness (QED) is 0.310. The molecule has 0 amide bonds. The molecule has 3 aromatic carbocycles. The van der Waals surface area contributed by atoms with Crippen LogP contribution in [0.5, 0.6) is 11.5 Å². The van der Waals surface area contributed by atoms with Crippen molar-refractivity contribution < 1.29 is 14.8 Å². The molecule has 4 aromatic rings. The van der Waals surface area contributed by atoms with E-state index in [1.54, 1.807) is 19.5 Å². The highest BCUT2D eigenvalue weighted by Gasteiger charge is 2.09. The molecule has 0 saturated carbocycles. The zero-order valence-corrected chi connectivity index (χ0v) is 15.4. The summed E-state index contributed by atoms with van der Waals surface area (Å²) in [6.07, 6.45) is 3.12. The molecule has 0 unspecified atom stereocenters. The van der Waals surface area contributed by atoms with Crippen LogP contribution in [0.3, 0.4) is 0 Å². The van der Waals surface area contributed by atoms with Gasteiger partial charge in [-0.1, -0.05) is 0 Å². The molecule has 8 nitrogen and oxygen atoms in total. The fourth-order valence-corrected chi connectivity index (χ4v) is 2.93. The van der Waals surface area contributed by atoms with E-state index in [0.29, 0.717) is 5.69 Å². The van der Waals surface area contributed by atoms with Gasteiger partial charge in [-0.15, -0.1) is 0 Å². The fourth-order valence-electron chi connectivity index (χ4n) is 2.93. The molecule has 0 atom stereocenters. The van der Waals surface area contributed by atoms with E-state index >= 15 is 0 Å². The third-order valence-electron chi connectivity index (χ3n) is 4.46. The second-order valence-corrected chi connectivity index (χ2v) is 6.24. The van der Waals surface area contributed by atoms with Gasteiger partial charge < -0.3 is 9.84 Å². The van der Waals surface area contributed by atoms with Crippen LogP contribution in [0.25, 0.3) is 16.7 Å². The third-order valence-corrected chi connectivity index (χ3v) is 4.46. The van der Waals surface area contributed by atoms with E-state index in [2.05, 4.69) is 9.98 Å². The molecule has 0 aliphatic carbocycles. The predicted molar refractivity (Wildman–Crippen MR) is 110 cm³/mol. The minimum atomic E-state index is -0.519. The summed E-state index contributed by atoms with van der Waals surface area (Å²) < 4.78 is 7.14. The van der Waals surface area contributed by atoms with Gasteiger partial charge in [-0.05, 0) is 48.5 Å². The van der Waals surface area contributed by atoms with Gasteiger partial charge in [0.25, 0.3) is 5.69 Å². The monoisotopic (exact) mass is 388 g/mol. The Labute approximate surface area is 165 Å². The number of benzene rings is 3. The van der Waals surface area contributed by atoms with Crippen LogP contribution in [0.1, 0.15) is 5.56 Å². The van der Waals surface area contributed by atoms with Gasteiger partial charge in [-0.2, -0.15) is 0 Å². The van der Waals surface area contributed by atoms with Gasteiger partial charge in [0.05, 0.1) is 28.8 Å². The van der Waals surface area contributed by atoms with Crippen LogP contribution in [0.15, 0.2) is 72.0 Å². The van der Waals surface area contributed by atoms with Crippen LogP contribution in [-0.4, -0.2) is 32.9 Å². The highest BCUT2D eigenvalue weighted by Crippen LogP contribution is 2.26. The van der Waals surface area contributed by atoms with Crippen molar-refractivity contribution in [2.75, 3.05) is 7.11 Å². The summed E-state index contributed by atoms with van der Waals surface area (Å²) in [7, 11) is 1.62. The number of fused-ring (bicyclic) bond motifs is 1. The van der Waals surface area contributed by atoms with Gasteiger partial charge in [0.1, 0.15) is 17.8 Å². The number of imidazole rings is 1. The lowest BCUT2D eigenvalue weighted by Crippen LogP contribution is -1.92. The van der Waals surface area contributed by atoms with Crippen molar-refractivity contribution >= 4 is 28.6 Å². The first kappa shape index (κ1) is 18.2. The van der Waals surface area contributed by atoms with Gasteiger partial charge in [-0.25, -0.2) is 4.98 Å². The highest BCUT2D eigenvalue weighted by atomic mass is 16.6. The molecular formula is C21H16N4O4. The fraction of sp³-hybridized carbons (Fsp3) is 0.0476. The van der Waals surface area contributed by atoms with Crippen LogP contribution in [-0.2, 0) is 0 Å². The lowest BCUT2D eigenvalue weighted by molar-refractivity contribution is -0.384. The number of methoxy groups -OCH3 is 1. The second kappa shape index (κ2) is 7.43. The van der Waals surface area contributed by atoms with Crippen molar-refractivity contribution in [3.05, 3.63) is 82.7 Å². The maximum atomic E-state index is 10.9. The molecule has 0 fully saturated rings. The summed E-state index contributed by atoms with van der Waals surface area (Å²) in [6.45, 7) is 0. The van der Waals surface area contributed by atoms with E-state index in [4.69, 9.17) is 4.74 Å². The van der Waals surface area contributed by atoms with Crippen molar-refractivity contribution in [3.8, 4) is 17.2 Å². The molecule has 0 radical (unpaired) electrons. The third kappa shape index (κ3) is 3.63. The van der Waals surface area contributed by atoms with Gasteiger partial charge >= 0.3 is 0 Å². The van der Waals surface area contributed by atoms with Crippen LogP contribution < -0.4 is 4.74 Å². The number of phenols is 1. The number of rotatable bonds is 5. The Balaban J connectivity index is 1.64. The molecule has 29 heavy (non-hydrogen) atoms. The van der Waals surface area contributed by atoms with Crippen molar-refractivity contribution in [2.45, 2.75) is 0 Å². The number of phenolic OH excluding ortho intramolecular Hbond substituents is 1. The smallest absolute Gasteiger partial charge is 0.270 e. The van der Waals surface area contributed by atoms with Crippen LogP contribution in [0, 0.1) is 10.1 Å². The number of nitro benzene ring substituents is 1. The van der Waals surface area contributed by atoms with Crippen molar-refractivity contribution in [1.29, 1.82) is 0 Å². The van der Waals surface area contributed by atoms with Gasteiger partial charge in [0, 0.05) is 29.6 Å². The van der Waals surface area contributed by atoms with Crippen molar-refractivity contribution in [1.82, 2.24) is 9.55 Å². The predicted octanol–water partition coefficient (Wildman–Crippen LogP) is 4.40. The average molecular weight is 388 g/mol. The van der Waals surface area contributed by atoms with Crippen LogP contribution in [0.4, 0.5) is 11.4 Å². The summed E-state index contributed by atoms with van der Waals surface area (Å²) >= 11 is 0. The molecule has 0 saturated heterocycles. The Hall–Kier alpha value is -4.20. The van der Waals surface area contributed by atoms with Gasteiger partial charge in [-0.3, -0.25) is 19.7 Å². The molecule has 1 N–H and O–H groups in total. The second-order valence-electron chi connectivity index (χ2n) is 6.24. The Morgan fingerprint density at radius 1 is 1.14 bits per heavy atom. The minimum Gasteiger partial charge on any atom is -0.507 e. The van der Waals surface area contributed by atoms with E-state index in [0.717, 1.165) is 22.5 Å². The average Bonchev–Trinajstić information content (AvgIpc) is 3.16. The topological polar surface area (TPSA) is 103 Å². The Morgan fingerprint density at radius 3 is 2.66 bits per heavy atom. The number of ether oxygens (including phenoxy) is 1. The lowest BCUT2D eigenvalue weighted by Gasteiger charge is -2.06. The standard InChI is InChI=1S/C21H16N4O4/c1-29-18-6-3-16(4-7-18)24-13-23-19-11-15(2-8-20(19)24)22-12-14-10-17(25(27)28)5-9-21(14)26/h2-13,26H,1H3. The van der Waals surface area contributed by atoms with E-state index in [-0.39, 0.29) is 17.0 Å². The summed E-state index contributed by atoms with van der Waals surface area (Å²) in [6, 6.07) is 17.0. The van der Waals surface area contributed by atoms with Gasteiger partial charge in [0.15, 0.2) is 0 Å². The van der Waals surface area contributed by atoms with Crippen molar-refractivity contribution in [3.63, 3.8) is 0 Å². The van der Waals surface area contributed by atoms with E-state index in [9.17, 15) is 15.2 Å². The molecule has 0 aliphatic heterocycles. The molecule has 1 aromatic heterocycles. The molecule has 0 spiro atoms. The van der Waals surface area contributed by atoms with E-state index < -0.39 is 4.92 Å². The summed E-state index contributed by atoms with van der Waals surface area (Å²) in [5.41, 5.74) is 3.38. The first-order valence-electron chi connectivity index (χ1n) is 8.68. The first-order chi connectivity index (χ1) is 14.0.